The fourth-order valence-electron chi connectivity index (χ4n) is 1.89. The van der Waals surface area contributed by atoms with Crippen LogP contribution >= 0.6 is 23.1 Å². The molecule has 17 heavy (non-hydrogen) atoms. The molecule has 1 unspecified atom stereocenters. The van der Waals surface area contributed by atoms with Gasteiger partial charge in [0, 0.05) is 4.90 Å². The molecule has 0 aliphatic rings. The van der Waals surface area contributed by atoms with E-state index in [1.54, 1.807) is 11.3 Å². The van der Waals surface area contributed by atoms with Crippen molar-refractivity contribution in [2.24, 2.45) is 0 Å². The van der Waals surface area contributed by atoms with E-state index >= 15 is 0 Å². The Morgan fingerprint density at radius 2 is 1.94 bits per heavy atom. The zero-order valence-corrected chi connectivity index (χ0v) is 11.8. The average molecular weight is 263 g/mol. The molecular weight excluding hydrogens is 246 g/mol. The molecule has 1 nitrogen and oxygen atoms in total. The van der Waals surface area contributed by atoms with Gasteiger partial charge in [0.25, 0.3) is 0 Å². The molecule has 0 saturated carbocycles. The molecule has 90 valence electrons. The van der Waals surface area contributed by atoms with Crippen molar-refractivity contribution in [1.29, 1.82) is 0 Å². The second-order valence-electron chi connectivity index (χ2n) is 3.78. The largest absolute Gasteiger partial charge is 0.309 e. The zero-order chi connectivity index (χ0) is 12.1. The maximum absolute atomic E-state index is 3.37. The summed E-state index contributed by atoms with van der Waals surface area (Å²) in [5, 5.41) is 7.70. The highest BCUT2D eigenvalue weighted by Gasteiger charge is 2.11. The van der Waals surface area contributed by atoms with Gasteiger partial charge in [-0.1, -0.05) is 19.1 Å². The van der Waals surface area contributed by atoms with Gasteiger partial charge >= 0.3 is 0 Å². The van der Waals surface area contributed by atoms with E-state index in [4.69, 9.17) is 0 Å². The van der Waals surface area contributed by atoms with Crippen LogP contribution in [0.1, 0.15) is 24.1 Å². The van der Waals surface area contributed by atoms with E-state index in [0.717, 1.165) is 5.75 Å². The van der Waals surface area contributed by atoms with Gasteiger partial charge in [-0.2, -0.15) is 11.3 Å². The lowest BCUT2D eigenvalue weighted by Gasteiger charge is -2.15. The quantitative estimate of drug-likeness (QED) is 0.813. The molecule has 0 saturated heterocycles. The smallest absolute Gasteiger partial charge is 0.0582 e. The van der Waals surface area contributed by atoms with Crippen LogP contribution in [0.5, 0.6) is 0 Å². The third kappa shape index (κ3) is 3.12. The highest BCUT2D eigenvalue weighted by Crippen LogP contribution is 2.26. The van der Waals surface area contributed by atoms with Crippen molar-refractivity contribution in [3.8, 4) is 0 Å². The Morgan fingerprint density at radius 3 is 2.47 bits per heavy atom. The first-order valence-corrected chi connectivity index (χ1v) is 7.70. The first-order valence-electron chi connectivity index (χ1n) is 5.77. The molecule has 0 aliphatic heterocycles. The van der Waals surface area contributed by atoms with Gasteiger partial charge in [-0.25, -0.2) is 0 Å². The summed E-state index contributed by atoms with van der Waals surface area (Å²) in [4.78, 5) is 1.34. The minimum Gasteiger partial charge on any atom is -0.309 e. The standard InChI is InChI=1S/C14H17NS2/c1-3-17-13-6-4-11(5-7-13)14(15-2)12-8-9-16-10-12/h4-10,14-15H,3H2,1-2H3. The Morgan fingerprint density at radius 1 is 1.18 bits per heavy atom. The monoisotopic (exact) mass is 263 g/mol. The summed E-state index contributed by atoms with van der Waals surface area (Å²) < 4.78 is 0. The Hall–Kier alpha value is -0.770. The highest BCUT2D eigenvalue weighted by atomic mass is 32.2. The second-order valence-corrected chi connectivity index (χ2v) is 5.90. The molecule has 0 aliphatic carbocycles. The molecule has 1 N–H and O–H groups in total. The van der Waals surface area contributed by atoms with Gasteiger partial charge < -0.3 is 5.32 Å². The second kappa shape index (κ2) is 6.24. The SMILES string of the molecule is CCSc1ccc(C(NC)c2ccsc2)cc1. The molecule has 2 rings (SSSR count). The van der Waals surface area contributed by atoms with Gasteiger partial charge in [0.15, 0.2) is 0 Å². The van der Waals surface area contributed by atoms with E-state index in [0.29, 0.717) is 6.04 Å². The third-order valence-corrected chi connectivity index (χ3v) is 4.29. The summed E-state index contributed by atoms with van der Waals surface area (Å²) in [7, 11) is 2.01. The van der Waals surface area contributed by atoms with Crippen LogP contribution in [0.4, 0.5) is 0 Å². The summed E-state index contributed by atoms with van der Waals surface area (Å²) >= 11 is 3.63. The lowest BCUT2D eigenvalue weighted by Crippen LogP contribution is -2.16. The van der Waals surface area contributed by atoms with Crippen molar-refractivity contribution in [1.82, 2.24) is 5.32 Å². The number of hydrogen-bond donors (Lipinski definition) is 1. The molecule has 3 heteroatoms. The Balaban J connectivity index is 2.20. The van der Waals surface area contributed by atoms with Gasteiger partial charge in [0.2, 0.25) is 0 Å². The average Bonchev–Trinajstić information content (AvgIpc) is 2.86. The van der Waals surface area contributed by atoms with Crippen molar-refractivity contribution in [2.45, 2.75) is 17.9 Å². The fraction of sp³-hybridized carbons (Fsp3) is 0.286. The van der Waals surface area contributed by atoms with Gasteiger partial charge in [0.1, 0.15) is 0 Å². The van der Waals surface area contributed by atoms with Crippen LogP contribution in [0.2, 0.25) is 0 Å². The molecule has 1 aromatic carbocycles. The van der Waals surface area contributed by atoms with Gasteiger partial charge in [-0.3, -0.25) is 0 Å². The molecule has 0 fully saturated rings. The van der Waals surface area contributed by atoms with Crippen molar-refractivity contribution in [3.63, 3.8) is 0 Å². The number of thioether (sulfide) groups is 1. The Labute approximate surface area is 111 Å². The molecule has 0 radical (unpaired) electrons. The number of hydrogen-bond acceptors (Lipinski definition) is 3. The van der Waals surface area contributed by atoms with E-state index in [-0.39, 0.29) is 0 Å². The molecular formula is C14H17NS2. The van der Waals surface area contributed by atoms with Crippen LogP contribution in [0.3, 0.4) is 0 Å². The highest BCUT2D eigenvalue weighted by molar-refractivity contribution is 7.99. The van der Waals surface area contributed by atoms with E-state index in [9.17, 15) is 0 Å². The molecule has 1 atom stereocenters. The topological polar surface area (TPSA) is 12.0 Å². The van der Waals surface area contributed by atoms with Gasteiger partial charge in [-0.15, -0.1) is 11.8 Å². The summed E-state index contributed by atoms with van der Waals surface area (Å²) in [6.07, 6.45) is 0. The van der Waals surface area contributed by atoms with Crippen LogP contribution < -0.4 is 5.32 Å². The predicted octanol–water partition coefficient (Wildman–Crippen LogP) is 4.17. The normalized spacial score (nSPS) is 12.6. The van der Waals surface area contributed by atoms with E-state index < -0.39 is 0 Å². The van der Waals surface area contributed by atoms with Crippen LogP contribution in [-0.4, -0.2) is 12.8 Å². The maximum atomic E-state index is 3.37. The number of benzene rings is 1. The van der Waals surface area contributed by atoms with Crippen LogP contribution in [0.25, 0.3) is 0 Å². The summed E-state index contributed by atoms with van der Waals surface area (Å²) in [5.74, 6) is 1.12. The Kier molecular flexibility index (Phi) is 4.66. The van der Waals surface area contributed by atoms with Crippen LogP contribution in [-0.2, 0) is 0 Å². The molecule has 0 bridgehead atoms. The number of rotatable bonds is 5. The van der Waals surface area contributed by atoms with Crippen molar-refractivity contribution < 1.29 is 0 Å². The van der Waals surface area contributed by atoms with E-state index in [1.165, 1.54) is 16.0 Å². The fourth-order valence-corrected chi connectivity index (χ4v) is 3.24. The lowest BCUT2D eigenvalue weighted by molar-refractivity contribution is 0.694. The van der Waals surface area contributed by atoms with Crippen molar-refractivity contribution in [2.75, 3.05) is 12.8 Å². The zero-order valence-electron chi connectivity index (χ0n) is 10.1. The van der Waals surface area contributed by atoms with Crippen molar-refractivity contribution in [3.05, 3.63) is 52.2 Å². The molecule has 0 amide bonds. The minimum absolute atomic E-state index is 0.307. The maximum Gasteiger partial charge on any atom is 0.0582 e. The minimum atomic E-state index is 0.307. The van der Waals surface area contributed by atoms with E-state index in [1.807, 2.05) is 18.8 Å². The summed E-state index contributed by atoms with van der Waals surface area (Å²) in [5.41, 5.74) is 2.67. The summed E-state index contributed by atoms with van der Waals surface area (Å²) in [6, 6.07) is 11.3. The molecule has 0 spiro atoms. The van der Waals surface area contributed by atoms with Gasteiger partial charge in [-0.05, 0) is 52.9 Å². The first-order chi connectivity index (χ1) is 8.35. The van der Waals surface area contributed by atoms with Crippen LogP contribution in [0, 0.1) is 0 Å². The number of thiophene rings is 1. The molecule has 1 aromatic heterocycles. The van der Waals surface area contributed by atoms with Crippen molar-refractivity contribution >= 4 is 23.1 Å². The number of nitrogens with one attached hydrogen (secondary N) is 1. The van der Waals surface area contributed by atoms with Gasteiger partial charge in [0.05, 0.1) is 6.04 Å². The van der Waals surface area contributed by atoms with E-state index in [2.05, 4.69) is 53.3 Å². The summed E-state index contributed by atoms with van der Waals surface area (Å²) in [6.45, 7) is 2.18. The Bertz CT molecular complexity index is 434. The predicted molar refractivity (Wildman–Crippen MR) is 78.1 cm³/mol. The molecule has 1 heterocycles. The molecule has 2 aromatic rings. The lowest BCUT2D eigenvalue weighted by atomic mass is 10.0. The van der Waals surface area contributed by atoms with Crippen LogP contribution in [0.15, 0.2) is 46.0 Å². The first kappa shape index (κ1) is 12.7. The third-order valence-electron chi connectivity index (χ3n) is 2.69.